The minimum absolute atomic E-state index is 0.0587. The first kappa shape index (κ1) is 15.3. The van der Waals surface area contributed by atoms with Crippen LogP contribution in [0.2, 0.25) is 0 Å². The van der Waals surface area contributed by atoms with Crippen molar-refractivity contribution in [1.29, 1.82) is 0 Å². The molecule has 0 spiro atoms. The summed E-state index contributed by atoms with van der Waals surface area (Å²) in [6.07, 6.45) is 2.18. The Morgan fingerprint density at radius 2 is 2.00 bits per heavy atom. The number of guanidine groups is 1. The molecule has 1 aromatic carbocycles. The fourth-order valence-corrected chi connectivity index (χ4v) is 2.86. The molecule has 3 rings (SSSR count). The number of rotatable bonds is 5. The number of nitrogens with zero attached hydrogens (tertiary/aromatic N) is 1. The van der Waals surface area contributed by atoms with Crippen LogP contribution in [0.3, 0.4) is 0 Å². The number of hydrogen-bond acceptors (Lipinski definition) is 2. The summed E-state index contributed by atoms with van der Waals surface area (Å²) in [6, 6.07) is 6.95. The summed E-state index contributed by atoms with van der Waals surface area (Å²) in [5, 5.41) is 6.75. The van der Waals surface area contributed by atoms with Gasteiger partial charge in [-0.25, -0.2) is 4.39 Å². The lowest BCUT2D eigenvalue weighted by Gasteiger charge is -2.38. The van der Waals surface area contributed by atoms with Crippen molar-refractivity contribution in [1.82, 2.24) is 10.6 Å². The van der Waals surface area contributed by atoms with Crippen LogP contribution in [0.25, 0.3) is 0 Å². The normalized spacial score (nSPS) is 21.9. The first-order valence-corrected chi connectivity index (χ1v) is 7.84. The van der Waals surface area contributed by atoms with Crippen molar-refractivity contribution in [2.75, 3.05) is 33.4 Å². The van der Waals surface area contributed by atoms with Gasteiger partial charge in [0.05, 0.1) is 13.2 Å². The summed E-state index contributed by atoms with van der Waals surface area (Å²) in [7, 11) is 1.77. The molecule has 2 fully saturated rings. The van der Waals surface area contributed by atoms with Gasteiger partial charge in [-0.15, -0.1) is 0 Å². The number of hydrogen-bond donors (Lipinski definition) is 2. The van der Waals surface area contributed by atoms with Gasteiger partial charge in [-0.3, -0.25) is 4.99 Å². The summed E-state index contributed by atoms with van der Waals surface area (Å²) in [5.41, 5.74) is 1.34. The molecular weight excluding hydrogens is 281 g/mol. The minimum atomic E-state index is -0.163. The summed E-state index contributed by atoms with van der Waals surface area (Å²) in [4.78, 5) is 4.27. The number of benzene rings is 1. The Bertz CT molecular complexity index is 565. The van der Waals surface area contributed by atoms with Gasteiger partial charge in [0.25, 0.3) is 0 Å². The molecule has 1 heterocycles. The molecular formula is C17H24FN3O. The standard InChI is InChI=1S/C17H24FN3O/c1-16(11-22-12-16)9-20-15(19-2)21-10-17(6-7-17)13-4-3-5-14(18)8-13/h3-5,8H,6-7,9-12H2,1-2H3,(H2,19,20,21). The van der Waals surface area contributed by atoms with E-state index in [1.807, 2.05) is 6.07 Å². The van der Waals surface area contributed by atoms with Crippen LogP contribution in [0.5, 0.6) is 0 Å². The molecule has 2 aliphatic rings. The second-order valence-corrected chi connectivity index (χ2v) is 6.87. The van der Waals surface area contributed by atoms with Crippen LogP contribution in [-0.4, -0.2) is 39.3 Å². The van der Waals surface area contributed by atoms with Crippen LogP contribution in [0.15, 0.2) is 29.3 Å². The van der Waals surface area contributed by atoms with E-state index in [1.54, 1.807) is 19.2 Å². The van der Waals surface area contributed by atoms with Crippen molar-refractivity contribution in [3.8, 4) is 0 Å². The van der Waals surface area contributed by atoms with E-state index < -0.39 is 0 Å². The average molecular weight is 305 g/mol. The Kier molecular flexibility index (Phi) is 4.08. The highest BCUT2D eigenvalue weighted by Gasteiger charge is 2.44. The number of aliphatic imine (C=N–C) groups is 1. The zero-order valence-electron chi connectivity index (χ0n) is 13.3. The molecule has 5 heteroatoms. The highest BCUT2D eigenvalue weighted by atomic mass is 19.1. The number of nitrogens with one attached hydrogen (secondary N) is 2. The van der Waals surface area contributed by atoms with Gasteiger partial charge < -0.3 is 15.4 Å². The maximum absolute atomic E-state index is 13.4. The molecule has 2 N–H and O–H groups in total. The molecule has 0 aromatic heterocycles. The van der Waals surface area contributed by atoms with E-state index in [4.69, 9.17) is 4.74 Å². The fraction of sp³-hybridized carbons (Fsp3) is 0.588. The summed E-state index contributed by atoms with van der Waals surface area (Å²) in [5.74, 6) is 0.639. The first-order chi connectivity index (χ1) is 10.6. The van der Waals surface area contributed by atoms with Crippen molar-refractivity contribution in [2.24, 2.45) is 10.4 Å². The van der Waals surface area contributed by atoms with Crippen LogP contribution in [0, 0.1) is 11.2 Å². The zero-order chi connectivity index (χ0) is 15.6. The molecule has 0 bridgehead atoms. The Balaban J connectivity index is 1.54. The predicted molar refractivity (Wildman–Crippen MR) is 85.6 cm³/mol. The molecule has 1 aliphatic carbocycles. The highest BCUT2D eigenvalue weighted by Crippen LogP contribution is 2.47. The van der Waals surface area contributed by atoms with Crippen LogP contribution < -0.4 is 10.6 Å². The van der Waals surface area contributed by atoms with Gasteiger partial charge >= 0.3 is 0 Å². The molecule has 0 unspecified atom stereocenters. The largest absolute Gasteiger partial charge is 0.380 e. The third-order valence-corrected chi connectivity index (χ3v) is 4.69. The van der Waals surface area contributed by atoms with E-state index in [-0.39, 0.29) is 16.6 Å². The fourth-order valence-electron chi connectivity index (χ4n) is 2.86. The van der Waals surface area contributed by atoms with Crippen molar-refractivity contribution in [3.63, 3.8) is 0 Å². The van der Waals surface area contributed by atoms with Crippen LogP contribution in [0.4, 0.5) is 4.39 Å². The quantitative estimate of drug-likeness (QED) is 0.646. The van der Waals surface area contributed by atoms with Gasteiger partial charge in [-0.1, -0.05) is 19.1 Å². The Morgan fingerprint density at radius 1 is 1.27 bits per heavy atom. The number of halogens is 1. The summed E-state index contributed by atoms with van der Waals surface area (Å²) in [6.45, 7) is 5.42. The highest BCUT2D eigenvalue weighted by molar-refractivity contribution is 5.79. The lowest BCUT2D eigenvalue weighted by molar-refractivity contribution is -0.0971. The maximum Gasteiger partial charge on any atom is 0.191 e. The van der Waals surface area contributed by atoms with E-state index in [1.165, 1.54) is 6.07 Å². The van der Waals surface area contributed by atoms with Gasteiger partial charge in [0, 0.05) is 31.0 Å². The van der Waals surface area contributed by atoms with E-state index >= 15 is 0 Å². The first-order valence-electron chi connectivity index (χ1n) is 7.84. The average Bonchev–Trinajstić information content (AvgIpc) is 3.27. The Labute approximate surface area is 131 Å². The van der Waals surface area contributed by atoms with Crippen LogP contribution in [-0.2, 0) is 10.2 Å². The lowest BCUT2D eigenvalue weighted by Crippen LogP contribution is -2.51. The van der Waals surface area contributed by atoms with E-state index in [2.05, 4.69) is 22.5 Å². The third kappa shape index (κ3) is 3.24. The Morgan fingerprint density at radius 3 is 2.55 bits per heavy atom. The van der Waals surface area contributed by atoms with Crippen molar-refractivity contribution >= 4 is 5.96 Å². The smallest absolute Gasteiger partial charge is 0.191 e. The second kappa shape index (κ2) is 5.88. The minimum Gasteiger partial charge on any atom is -0.380 e. The molecule has 0 amide bonds. The summed E-state index contributed by atoms with van der Waals surface area (Å²) >= 11 is 0. The molecule has 0 radical (unpaired) electrons. The predicted octanol–water partition coefficient (Wildman–Crippen LogP) is 2.06. The van der Waals surface area contributed by atoms with E-state index in [0.717, 1.165) is 50.7 Å². The van der Waals surface area contributed by atoms with Crippen molar-refractivity contribution < 1.29 is 9.13 Å². The molecule has 0 atom stereocenters. The SMILES string of the molecule is CN=C(NCC1(C)COC1)NCC1(c2cccc(F)c2)CC1. The van der Waals surface area contributed by atoms with Gasteiger partial charge in [0.2, 0.25) is 0 Å². The monoisotopic (exact) mass is 305 g/mol. The lowest BCUT2D eigenvalue weighted by atomic mass is 9.89. The molecule has 4 nitrogen and oxygen atoms in total. The van der Waals surface area contributed by atoms with E-state index in [9.17, 15) is 4.39 Å². The summed E-state index contributed by atoms with van der Waals surface area (Å²) < 4.78 is 18.7. The number of ether oxygens (including phenoxy) is 1. The van der Waals surface area contributed by atoms with Crippen molar-refractivity contribution in [2.45, 2.75) is 25.2 Å². The molecule has 1 aromatic rings. The van der Waals surface area contributed by atoms with Gasteiger partial charge in [-0.2, -0.15) is 0 Å². The van der Waals surface area contributed by atoms with Gasteiger partial charge in [0.1, 0.15) is 5.82 Å². The van der Waals surface area contributed by atoms with Crippen LogP contribution in [0.1, 0.15) is 25.3 Å². The van der Waals surface area contributed by atoms with Gasteiger partial charge in [-0.05, 0) is 30.5 Å². The van der Waals surface area contributed by atoms with Crippen molar-refractivity contribution in [3.05, 3.63) is 35.6 Å². The second-order valence-electron chi connectivity index (χ2n) is 6.87. The van der Waals surface area contributed by atoms with Crippen LogP contribution >= 0.6 is 0 Å². The molecule has 1 aliphatic heterocycles. The molecule has 1 saturated heterocycles. The van der Waals surface area contributed by atoms with Gasteiger partial charge in [0.15, 0.2) is 5.96 Å². The third-order valence-electron chi connectivity index (χ3n) is 4.69. The molecule has 1 saturated carbocycles. The zero-order valence-corrected chi connectivity index (χ0v) is 13.3. The van der Waals surface area contributed by atoms with E-state index in [0.29, 0.717) is 0 Å². The Hall–Kier alpha value is -1.62. The molecule has 22 heavy (non-hydrogen) atoms. The molecule has 120 valence electrons. The topological polar surface area (TPSA) is 45.7 Å². The maximum atomic E-state index is 13.4.